The van der Waals surface area contributed by atoms with E-state index in [1.807, 2.05) is 31.2 Å². The van der Waals surface area contributed by atoms with Crippen LogP contribution < -0.4 is 0 Å². The summed E-state index contributed by atoms with van der Waals surface area (Å²) in [5, 5.41) is 2.11. The highest BCUT2D eigenvalue weighted by Gasteiger charge is 1.95. The fourth-order valence-corrected chi connectivity index (χ4v) is 1.43. The molecule has 0 radical (unpaired) electrons. The molecule has 0 spiro atoms. The molecule has 0 aliphatic heterocycles. The molecular weight excluding hydrogens is 260 g/mol. The lowest BCUT2D eigenvalue weighted by Crippen LogP contribution is -1.78. The van der Waals surface area contributed by atoms with Gasteiger partial charge in [-0.25, -0.2) is 0 Å². The molecule has 14 heavy (non-hydrogen) atoms. The van der Waals surface area contributed by atoms with Crippen molar-refractivity contribution in [2.24, 2.45) is 0 Å². The van der Waals surface area contributed by atoms with Crippen LogP contribution in [-0.4, -0.2) is 0 Å². The van der Waals surface area contributed by atoms with Crippen LogP contribution in [0, 0.1) is 13.8 Å². The molecule has 0 fully saturated rings. The highest BCUT2D eigenvalue weighted by molar-refractivity contribution is 8.93. The van der Waals surface area contributed by atoms with Gasteiger partial charge in [0.15, 0.2) is 0 Å². The fraction of sp³-hybridized carbons (Fsp3) is 0.167. The lowest BCUT2D eigenvalue weighted by molar-refractivity contribution is 1.47. The summed E-state index contributed by atoms with van der Waals surface area (Å²) in [6, 6.07) is 11.3. The van der Waals surface area contributed by atoms with E-state index in [9.17, 15) is 0 Å². The van der Waals surface area contributed by atoms with Crippen LogP contribution in [0.3, 0.4) is 0 Å². The Labute approximate surface area is 106 Å². The summed E-state index contributed by atoms with van der Waals surface area (Å²) in [7, 11) is 0. The minimum atomic E-state index is -2.02. The number of hydrogen-bond acceptors (Lipinski definition) is 0. The third kappa shape index (κ3) is 2.49. The molecule has 0 unspecified atom stereocenters. The minimum Gasteiger partial charge on any atom is -0.147 e. The molecular formula is C12H14BrCl. The molecule has 0 bridgehead atoms. The summed E-state index contributed by atoms with van der Waals surface area (Å²) in [6.45, 7) is -0.0257. The van der Waals surface area contributed by atoms with Gasteiger partial charge in [-0.3, -0.25) is 0 Å². The number of hydrogen-bond donors (Lipinski definition) is 0. The summed E-state index contributed by atoms with van der Waals surface area (Å²) in [6.07, 6.45) is 0. The van der Waals surface area contributed by atoms with Crippen LogP contribution in [-0.2, 0) is 0 Å². The maximum Gasteiger partial charge on any atom is 0.0280 e. The van der Waals surface area contributed by atoms with Crippen molar-refractivity contribution < 1.29 is 4.11 Å². The van der Waals surface area contributed by atoms with Gasteiger partial charge in [0.05, 0.1) is 0 Å². The standard InChI is InChI=1S/C12H12.BrH.ClH/c1-9-6-7-11-5-3-4-10(2)12(11)8-9;;/h3-8H,1-2H3;2*1H/i1D3,2+1;;. The van der Waals surface area contributed by atoms with Crippen LogP contribution in [0.25, 0.3) is 10.8 Å². The van der Waals surface area contributed by atoms with Gasteiger partial charge in [0.1, 0.15) is 0 Å². The Morgan fingerprint density at radius 2 is 1.93 bits per heavy atom. The molecule has 2 heteroatoms. The van der Waals surface area contributed by atoms with Crippen molar-refractivity contribution in [3.8, 4) is 0 Å². The van der Waals surface area contributed by atoms with Crippen molar-refractivity contribution in [3.05, 3.63) is 47.5 Å². The van der Waals surface area contributed by atoms with E-state index in [1.165, 1.54) is 0 Å². The third-order valence-electron chi connectivity index (χ3n) is 2.10. The maximum absolute atomic E-state index is 7.35. The lowest BCUT2D eigenvalue weighted by atomic mass is 10.1. The molecule has 0 aliphatic rings. The summed E-state index contributed by atoms with van der Waals surface area (Å²) < 4.78 is 22.1. The van der Waals surface area contributed by atoms with Crippen molar-refractivity contribution >= 4 is 40.2 Å². The van der Waals surface area contributed by atoms with Crippen molar-refractivity contribution in [1.82, 2.24) is 0 Å². The molecule has 2 aromatic carbocycles. The van der Waals surface area contributed by atoms with Gasteiger partial charge in [-0.1, -0.05) is 42.0 Å². The second-order valence-electron chi connectivity index (χ2n) is 3.01. The Morgan fingerprint density at radius 1 is 1.14 bits per heavy atom. The van der Waals surface area contributed by atoms with E-state index < -0.39 is 6.85 Å². The zero-order chi connectivity index (χ0) is 11.1. The van der Waals surface area contributed by atoms with Gasteiger partial charge >= 0.3 is 0 Å². The maximum atomic E-state index is 7.35. The third-order valence-corrected chi connectivity index (χ3v) is 2.10. The van der Waals surface area contributed by atoms with Gasteiger partial charge in [0.25, 0.3) is 0 Å². The Hall–Kier alpha value is -0.530. The lowest BCUT2D eigenvalue weighted by Gasteiger charge is -2.01. The summed E-state index contributed by atoms with van der Waals surface area (Å²) in [5.41, 5.74) is 1.52. The summed E-state index contributed by atoms with van der Waals surface area (Å²) >= 11 is 0. The van der Waals surface area contributed by atoms with Gasteiger partial charge in [0, 0.05) is 4.11 Å². The number of rotatable bonds is 0. The Bertz CT molecular complexity index is 509. The van der Waals surface area contributed by atoms with E-state index in [1.54, 1.807) is 12.1 Å². The summed E-state index contributed by atoms with van der Waals surface area (Å²) in [4.78, 5) is 0. The Morgan fingerprint density at radius 3 is 2.64 bits per heavy atom. The quantitative estimate of drug-likeness (QED) is 0.624. The second-order valence-corrected chi connectivity index (χ2v) is 3.01. The first-order valence-electron chi connectivity index (χ1n) is 5.48. The first kappa shape index (κ1) is 8.75. The molecule has 0 N–H and O–H groups in total. The minimum absolute atomic E-state index is 0. The van der Waals surface area contributed by atoms with Gasteiger partial charge in [-0.05, 0) is 30.1 Å². The first-order valence-corrected chi connectivity index (χ1v) is 3.98. The van der Waals surface area contributed by atoms with Gasteiger partial charge in [-0.2, -0.15) is 0 Å². The molecule has 0 aromatic heterocycles. The number of fused-ring (bicyclic) bond motifs is 1. The molecule has 0 aliphatic carbocycles. The highest BCUT2D eigenvalue weighted by atomic mass is 79.9. The number of aryl methyl sites for hydroxylation is 2. The molecule has 2 rings (SSSR count). The molecule has 0 saturated heterocycles. The SMILES string of the molecule is Br.Cl.[2H]C([2H])([2H])c1ccc2cccc([13CH3])c2c1. The number of benzene rings is 2. The average Bonchev–Trinajstić information content (AvgIpc) is 2.16. The van der Waals surface area contributed by atoms with E-state index in [0.717, 1.165) is 16.3 Å². The second kappa shape index (κ2) is 5.38. The van der Waals surface area contributed by atoms with Crippen molar-refractivity contribution in [2.75, 3.05) is 0 Å². The smallest absolute Gasteiger partial charge is 0.0280 e. The predicted molar refractivity (Wildman–Crippen MR) is 71.0 cm³/mol. The molecule has 0 heterocycles. The zero-order valence-electron chi connectivity index (χ0n) is 10.8. The fourth-order valence-electron chi connectivity index (χ4n) is 1.43. The van der Waals surface area contributed by atoms with E-state index >= 15 is 0 Å². The van der Waals surface area contributed by atoms with Crippen LogP contribution in [0.1, 0.15) is 15.2 Å². The van der Waals surface area contributed by atoms with Crippen LogP contribution in [0.2, 0.25) is 0 Å². The van der Waals surface area contributed by atoms with Crippen LogP contribution in [0.5, 0.6) is 0 Å². The molecule has 0 amide bonds. The van der Waals surface area contributed by atoms with Crippen molar-refractivity contribution in [1.29, 1.82) is 0 Å². The monoisotopic (exact) mass is 276 g/mol. The van der Waals surface area contributed by atoms with E-state index in [-0.39, 0.29) is 29.4 Å². The molecule has 0 atom stereocenters. The topological polar surface area (TPSA) is 0 Å². The normalized spacial score (nSPS) is 13.1. The largest absolute Gasteiger partial charge is 0.147 e. The van der Waals surface area contributed by atoms with Crippen LogP contribution in [0.4, 0.5) is 0 Å². The zero-order valence-corrected chi connectivity index (χ0v) is 10.3. The van der Waals surface area contributed by atoms with E-state index in [4.69, 9.17) is 4.11 Å². The van der Waals surface area contributed by atoms with Crippen LogP contribution >= 0.6 is 29.4 Å². The van der Waals surface area contributed by atoms with Crippen LogP contribution in [0.15, 0.2) is 36.4 Å². The van der Waals surface area contributed by atoms with Crippen molar-refractivity contribution in [2.45, 2.75) is 13.8 Å². The molecule has 0 nitrogen and oxygen atoms in total. The first-order chi connectivity index (χ1) is 6.98. The van der Waals surface area contributed by atoms with Gasteiger partial charge < -0.3 is 0 Å². The molecule has 2 aromatic rings. The summed E-state index contributed by atoms with van der Waals surface area (Å²) in [5.74, 6) is 0. The Kier molecular flexibility index (Phi) is 3.36. The highest BCUT2D eigenvalue weighted by Crippen LogP contribution is 2.18. The number of halogens is 2. The molecule has 0 saturated carbocycles. The van der Waals surface area contributed by atoms with E-state index in [2.05, 4.69) is 0 Å². The van der Waals surface area contributed by atoms with Crippen molar-refractivity contribution in [3.63, 3.8) is 0 Å². The van der Waals surface area contributed by atoms with Gasteiger partial charge in [0.2, 0.25) is 0 Å². The van der Waals surface area contributed by atoms with Gasteiger partial charge in [-0.15, -0.1) is 29.4 Å². The molecule has 76 valence electrons. The average molecular weight is 278 g/mol. The Balaban J connectivity index is 0.00000128. The predicted octanol–water partition coefficient (Wildman–Crippen LogP) is 4.46. The van der Waals surface area contributed by atoms with E-state index in [0.29, 0.717) is 5.56 Å².